The zero-order chi connectivity index (χ0) is 13.5. The second kappa shape index (κ2) is 7.70. The van der Waals surface area contributed by atoms with Crippen LogP contribution in [-0.4, -0.2) is 18.0 Å². The summed E-state index contributed by atoms with van der Waals surface area (Å²) in [5.74, 6) is 0.0800. The molecule has 3 N–H and O–H groups in total. The van der Waals surface area contributed by atoms with E-state index >= 15 is 0 Å². The minimum absolute atomic E-state index is 0.0111. The van der Waals surface area contributed by atoms with E-state index in [-0.39, 0.29) is 23.4 Å². The highest BCUT2D eigenvalue weighted by Gasteiger charge is 2.23. The van der Waals surface area contributed by atoms with E-state index in [4.69, 9.17) is 5.73 Å². The van der Waals surface area contributed by atoms with Gasteiger partial charge in [-0.3, -0.25) is 4.79 Å². The maximum atomic E-state index is 11.8. The third kappa shape index (κ3) is 8.19. The number of carbonyl (C=O) groups is 1. The molecule has 0 rings (SSSR count). The van der Waals surface area contributed by atoms with Gasteiger partial charge in [0.1, 0.15) is 0 Å². The molecule has 0 aromatic heterocycles. The van der Waals surface area contributed by atoms with Gasteiger partial charge in [-0.15, -0.1) is 0 Å². The van der Waals surface area contributed by atoms with Crippen molar-refractivity contribution in [1.29, 1.82) is 0 Å². The lowest BCUT2D eigenvalue weighted by Crippen LogP contribution is -2.42. The van der Waals surface area contributed by atoms with Crippen LogP contribution in [0.1, 0.15) is 66.7 Å². The second-order valence-corrected chi connectivity index (χ2v) is 6.14. The topological polar surface area (TPSA) is 55.1 Å². The fourth-order valence-corrected chi connectivity index (χ4v) is 1.61. The Bertz CT molecular complexity index is 221. The molecule has 2 atom stereocenters. The Labute approximate surface area is 107 Å². The van der Waals surface area contributed by atoms with E-state index in [9.17, 15) is 4.79 Å². The first kappa shape index (κ1) is 16.4. The van der Waals surface area contributed by atoms with Crippen LogP contribution in [0, 0.1) is 5.41 Å². The molecule has 0 aliphatic carbocycles. The first-order valence-electron chi connectivity index (χ1n) is 6.82. The summed E-state index contributed by atoms with van der Waals surface area (Å²) in [5, 5.41) is 3.02. The van der Waals surface area contributed by atoms with Crippen molar-refractivity contribution in [2.75, 3.05) is 0 Å². The van der Waals surface area contributed by atoms with Crippen molar-refractivity contribution in [3.05, 3.63) is 0 Å². The van der Waals surface area contributed by atoms with Gasteiger partial charge in [0.05, 0.1) is 0 Å². The maximum absolute atomic E-state index is 11.8. The third-order valence-electron chi connectivity index (χ3n) is 3.17. The maximum Gasteiger partial charge on any atom is 0.221 e. The van der Waals surface area contributed by atoms with Gasteiger partial charge in [0.2, 0.25) is 5.91 Å². The van der Waals surface area contributed by atoms with Crippen molar-refractivity contribution in [2.45, 2.75) is 78.8 Å². The van der Waals surface area contributed by atoms with Crippen molar-refractivity contribution < 1.29 is 4.79 Å². The smallest absolute Gasteiger partial charge is 0.221 e. The summed E-state index contributed by atoms with van der Waals surface area (Å²) in [4.78, 5) is 11.8. The molecule has 0 heterocycles. The number of hydrogen-bond donors (Lipinski definition) is 2. The van der Waals surface area contributed by atoms with Crippen molar-refractivity contribution in [3.8, 4) is 0 Å². The summed E-state index contributed by atoms with van der Waals surface area (Å²) < 4.78 is 0. The Kier molecular flexibility index (Phi) is 7.44. The molecule has 1 amide bonds. The number of rotatable bonds is 7. The van der Waals surface area contributed by atoms with Crippen LogP contribution in [0.5, 0.6) is 0 Å². The molecular formula is C14H30N2O. The molecule has 0 aromatic rings. The molecule has 0 fully saturated rings. The zero-order valence-corrected chi connectivity index (χ0v) is 12.2. The van der Waals surface area contributed by atoms with Crippen LogP contribution in [0.3, 0.4) is 0 Å². The number of hydrogen-bond acceptors (Lipinski definition) is 2. The van der Waals surface area contributed by atoms with Gasteiger partial charge in [-0.05, 0) is 18.8 Å². The molecule has 0 spiro atoms. The standard InChI is InChI=1S/C14H30N2O/c1-6-7-8-9-11(2)16-13(17)10-12(15)14(3,4)5/h11-12H,6-10,15H2,1-5H3,(H,16,17). The minimum atomic E-state index is -0.0784. The molecule has 3 heteroatoms. The van der Waals surface area contributed by atoms with E-state index in [0.717, 1.165) is 6.42 Å². The monoisotopic (exact) mass is 242 g/mol. The van der Waals surface area contributed by atoms with E-state index in [1.807, 2.05) is 0 Å². The zero-order valence-electron chi connectivity index (χ0n) is 12.2. The third-order valence-corrected chi connectivity index (χ3v) is 3.17. The van der Waals surface area contributed by atoms with E-state index in [0.29, 0.717) is 6.42 Å². The van der Waals surface area contributed by atoms with Crippen molar-refractivity contribution in [3.63, 3.8) is 0 Å². The average molecular weight is 242 g/mol. The van der Waals surface area contributed by atoms with Gasteiger partial charge in [-0.2, -0.15) is 0 Å². The summed E-state index contributed by atoms with van der Waals surface area (Å²) in [6.45, 7) is 10.4. The highest BCUT2D eigenvalue weighted by Crippen LogP contribution is 2.19. The predicted molar refractivity (Wildman–Crippen MR) is 73.8 cm³/mol. The Hall–Kier alpha value is -0.570. The van der Waals surface area contributed by atoms with Gasteiger partial charge in [-0.1, -0.05) is 47.0 Å². The summed E-state index contributed by atoms with van der Waals surface area (Å²) in [5.41, 5.74) is 5.98. The lowest BCUT2D eigenvalue weighted by molar-refractivity contribution is -0.122. The van der Waals surface area contributed by atoms with Gasteiger partial charge in [0.15, 0.2) is 0 Å². The number of nitrogens with one attached hydrogen (secondary N) is 1. The van der Waals surface area contributed by atoms with E-state index in [2.05, 4.69) is 39.9 Å². The molecule has 17 heavy (non-hydrogen) atoms. The van der Waals surface area contributed by atoms with Crippen LogP contribution >= 0.6 is 0 Å². The summed E-state index contributed by atoms with van der Waals surface area (Å²) in [6.07, 6.45) is 5.12. The van der Waals surface area contributed by atoms with Gasteiger partial charge < -0.3 is 11.1 Å². The molecule has 0 aromatic carbocycles. The van der Waals surface area contributed by atoms with Gasteiger partial charge in [-0.25, -0.2) is 0 Å². The lowest BCUT2D eigenvalue weighted by atomic mass is 9.85. The van der Waals surface area contributed by atoms with Crippen LogP contribution in [-0.2, 0) is 4.79 Å². The van der Waals surface area contributed by atoms with Crippen LogP contribution in [0.2, 0.25) is 0 Å². The molecular weight excluding hydrogens is 212 g/mol. The minimum Gasteiger partial charge on any atom is -0.354 e. The van der Waals surface area contributed by atoms with E-state index < -0.39 is 0 Å². The second-order valence-electron chi connectivity index (χ2n) is 6.14. The van der Waals surface area contributed by atoms with Crippen LogP contribution in [0.25, 0.3) is 0 Å². The Balaban J connectivity index is 3.85. The largest absolute Gasteiger partial charge is 0.354 e. The molecule has 0 radical (unpaired) electrons. The van der Waals surface area contributed by atoms with Gasteiger partial charge in [0.25, 0.3) is 0 Å². The summed E-state index contributed by atoms with van der Waals surface area (Å²) in [7, 11) is 0. The van der Waals surface area contributed by atoms with Gasteiger partial charge >= 0.3 is 0 Å². The van der Waals surface area contributed by atoms with E-state index in [1.165, 1.54) is 19.3 Å². The number of amides is 1. The Morgan fingerprint density at radius 1 is 1.29 bits per heavy atom. The quantitative estimate of drug-likeness (QED) is 0.674. The fourth-order valence-electron chi connectivity index (χ4n) is 1.61. The summed E-state index contributed by atoms with van der Waals surface area (Å²) in [6, 6.07) is 0.187. The predicted octanol–water partition coefficient (Wildman–Crippen LogP) is 2.83. The Morgan fingerprint density at radius 3 is 2.35 bits per heavy atom. The first-order valence-corrected chi connectivity index (χ1v) is 6.82. The lowest BCUT2D eigenvalue weighted by Gasteiger charge is -2.27. The molecule has 2 unspecified atom stereocenters. The van der Waals surface area contributed by atoms with Crippen molar-refractivity contribution >= 4 is 5.91 Å². The molecule has 0 aliphatic rings. The number of nitrogens with two attached hydrogens (primary N) is 1. The highest BCUT2D eigenvalue weighted by molar-refractivity contribution is 5.76. The summed E-state index contributed by atoms with van der Waals surface area (Å²) >= 11 is 0. The van der Waals surface area contributed by atoms with Crippen LogP contribution < -0.4 is 11.1 Å². The Morgan fingerprint density at radius 2 is 1.88 bits per heavy atom. The molecule has 102 valence electrons. The number of carbonyl (C=O) groups excluding carboxylic acids is 1. The highest BCUT2D eigenvalue weighted by atomic mass is 16.1. The normalized spacial score (nSPS) is 15.4. The SMILES string of the molecule is CCCCCC(C)NC(=O)CC(N)C(C)(C)C. The fraction of sp³-hybridized carbons (Fsp3) is 0.929. The van der Waals surface area contributed by atoms with Crippen molar-refractivity contribution in [1.82, 2.24) is 5.32 Å². The van der Waals surface area contributed by atoms with Crippen LogP contribution in [0.15, 0.2) is 0 Å². The van der Waals surface area contributed by atoms with E-state index in [1.54, 1.807) is 0 Å². The van der Waals surface area contributed by atoms with Crippen LogP contribution in [0.4, 0.5) is 0 Å². The first-order chi connectivity index (χ1) is 7.77. The molecule has 0 aliphatic heterocycles. The molecule has 3 nitrogen and oxygen atoms in total. The average Bonchev–Trinajstić information content (AvgIpc) is 2.16. The van der Waals surface area contributed by atoms with Crippen molar-refractivity contribution in [2.24, 2.45) is 11.1 Å². The molecule has 0 saturated heterocycles. The molecule has 0 saturated carbocycles. The molecule has 0 bridgehead atoms. The van der Waals surface area contributed by atoms with Gasteiger partial charge in [0, 0.05) is 18.5 Å². The number of unbranched alkanes of at least 4 members (excludes halogenated alkanes) is 2.